The van der Waals surface area contributed by atoms with Gasteiger partial charge in [-0.1, -0.05) is 11.8 Å². The van der Waals surface area contributed by atoms with Crippen molar-refractivity contribution in [1.29, 1.82) is 5.26 Å². The van der Waals surface area contributed by atoms with Crippen molar-refractivity contribution in [3.63, 3.8) is 0 Å². The zero-order valence-corrected chi connectivity index (χ0v) is 12.7. The van der Waals surface area contributed by atoms with Gasteiger partial charge < -0.3 is 0 Å². The molecule has 2 nitrogen and oxygen atoms in total. The van der Waals surface area contributed by atoms with E-state index in [9.17, 15) is 0 Å². The van der Waals surface area contributed by atoms with E-state index in [1.807, 2.05) is 0 Å². The number of nitrogens with zero attached hydrogens (tertiary/aromatic N) is 1. The summed E-state index contributed by atoms with van der Waals surface area (Å²) >= 11 is 1.58. The maximum Gasteiger partial charge on any atom is 0.221 e. The second kappa shape index (κ2) is 6.06. The number of benzene rings is 1. The van der Waals surface area contributed by atoms with E-state index in [4.69, 9.17) is 10.7 Å². The van der Waals surface area contributed by atoms with Gasteiger partial charge in [0.15, 0.2) is 0 Å². The van der Waals surface area contributed by atoms with Crippen LogP contribution >= 0.6 is 11.8 Å². The maximum atomic E-state index is 8.60. The molecule has 0 amide bonds. The molecule has 1 rings (SSSR count). The Morgan fingerprint density at radius 3 is 1.89 bits per heavy atom. The van der Waals surface area contributed by atoms with E-state index in [-0.39, 0.29) is 0 Å². The highest BCUT2D eigenvalue weighted by Gasteiger charge is 2.13. The lowest BCUT2D eigenvalue weighted by Gasteiger charge is -2.18. The lowest BCUT2D eigenvalue weighted by atomic mass is 9.90. The highest BCUT2D eigenvalue weighted by molar-refractivity contribution is 8.13. The van der Waals surface area contributed by atoms with E-state index in [2.05, 4.69) is 40.7 Å². The zero-order chi connectivity index (χ0) is 13.9. The molecule has 18 heavy (non-hydrogen) atoms. The van der Waals surface area contributed by atoms with Crippen molar-refractivity contribution in [2.45, 2.75) is 46.8 Å². The summed E-state index contributed by atoms with van der Waals surface area (Å²) in [7, 11) is 0. The van der Waals surface area contributed by atoms with Crippen molar-refractivity contribution < 1.29 is 5.41 Å². The maximum absolute atomic E-state index is 8.60. The van der Waals surface area contributed by atoms with E-state index in [1.165, 1.54) is 33.4 Å². The van der Waals surface area contributed by atoms with Crippen molar-refractivity contribution in [1.82, 2.24) is 0 Å². The molecular formula is C15H21N2S+. The monoisotopic (exact) mass is 261 g/mol. The predicted molar refractivity (Wildman–Crippen MR) is 78.6 cm³/mol. The largest absolute Gasteiger partial charge is 0.251 e. The Hall–Kier alpha value is -1.27. The number of hydrogen-bond donors (Lipinski definition) is 1. The number of hydrogen-bond acceptors (Lipinski definition) is 2. The van der Waals surface area contributed by atoms with Crippen molar-refractivity contribution in [3.8, 4) is 6.07 Å². The van der Waals surface area contributed by atoms with Gasteiger partial charge in [-0.15, -0.1) is 0 Å². The van der Waals surface area contributed by atoms with Crippen LogP contribution in [-0.4, -0.2) is 5.04 Å². The lowest BCUT2D eigenvalue weighted by molar-refractivity contribution is -0.110. The van der Waals surface area contributed by atoms with Crippen LogP contribution in [0.15, 0.2) is 0 Å². The molecule has 0 spiro atoms. The standard InChI is InChI=1S/C15H20N2S/c1-9-10(2)12(4)14(13(5)11(9)3)8-18-15(17)6-7-16/h17H,6,8H2,1-5H3/p+1. The number of nitrogens with two attached hydrogens (primary N) is 1. The van der Waals surface area contributed by atoms with Crippen LogP contribution in [0.25, 0.3) is 0 Å². The Kier molecular flexibility index (Phi) is 4.98. The normalized spacial score (nSPS) is 10.2. The molecule has 0 bridgehead atoms. The molecule has 96 valence electrons. The summed E-state index contributed by atoms with van der Waals surface area (Å²) in [5.74, 6) is 0.854. The van der Waals surface area contributed by atoms with Crippen LogP contribution in [0.3, 0.4) is 0 Å². The van der Waals surface area contributed by atoms with Gasteiger partial charge in [-0.05, 0) is 68.0 Å². The molecule has 1 aromatic carbocycles. The summed E-state index contributed by atoms with van der Waals surface area (Å²) in [6, 6.07) is 2.08. The van der Waals surface area contributed by atoms with Gasteiger partial charge in [0.1, 0.15) is 6.42 Å². The topological polar surface area (TPSA) is 49.4 Å². The summed E-state index contributed by atoms with van der Waals surface area (Å²) < 4.78 is 0. The van der Waals surface area contributed by atoms with Gasteiger partial charge in [0.2, 0.25) is 5.04 Å². The van der Waals surface area contributed by atoms with Crippen LogP contribution in [0.4, 0.5) is 0 Å². The second-order valence-electron chi connectivity index (χ2n) is 4.69. The fourth-order valence-electron chi connectivity index (χ4n) is 2.09. The molecule has 0 unspecified atom stereocenters. The molecule has 0 saturated carbocycles. The van der Waals surface area contributed by atoms with Crippen LogP contribution in [-0.2, 0) is 5.75 Å². The molecule has 0 aliphatic rings. The van der Waals surface area contributed by atoms with E-state index < -0.39 is 0 Å². The van der Waals surface area contributed by atoms with Gasteiger partial charge in [-0.25, -0.2) is 0 Å². The SMILES string of the molecule is Cc1c(C)c(C)c(CSC(=[NH2+])CC#N)c(C)c1C. The third-order valence-electron chi connectivity index (χ3n) is 3.81. The molecule has 0 heterocycles. The first kappa shape index (κ1) is 14.8. The summed E-state index contributed by atoms with van der Waals surface area (Å²) in [5, 5.41) is 15.1. The molecule has 0 aliphatic heterocycles. The van der Waals surface area contributed by atoms with E-state index in [0.717, 1.165) is 5.75 Å². The van der Waals surface area contributed by atoms with E-state index in [1.54, 1.807) is 11.8 Å². The van der Waals surface area contributed by atoms with Gasteiger partial charge >= 0.3 is 0 Å². The number of rotatable bonds is 3. The second-order valence-corrected chi connectivity index (χ2v) is 5.80. The lowest BCUT2D eigenvalue weighted by Crippen LogP contribution is -2.37. The highest BCUT2D eigenvalue weighted by atomic mass is 32.2. The fraction of sp³-hybridized carbons (Fsp3) is 0.467. The Morgan fingerprint density at radius 1 is 1.00 bits per heavy atom. The average molecular weight is 261 g/mol. The molecule has 3 heteroatoms. The molecule has 0 saturated heterocycles. The van der Waals surface area contributed by atoms with Crippen molar-refractivity contribution >= 4 is 16.8 Å². The van der Waals surface area contributed by atoms with E-state index in [0.29, 0.717) is 11.5 Å². The first-order valence-electron chi connectivity index (χ1n) is 6.07. The first-order valence-corrected chi connectivity index (χ1v) is 7.05. The van der Waals surface area contributed by atoms with Crippen LogP contribution in [0.1, 0.15) is 39.8 Å². The Morgan fingerprint density at radius 2 is 1.44 bits per heavy atom. The summed E-state index contributed by atoms with van der Waals surface area (Å²) in [4.78, 5) is 0. The smallest absolute Gasteiger partial charge is 0.221 e. The summed E-state index contributed by atoms with van der Waals surface area (Å²) in [5.41, 5.74) is 8.19. The molecule has 2 N–H and O–H groups in total. The molecule has 0 aromatic heterocycles. The number of thioether (sulfide) groups is 1. The minimum absolute atomic E-state index is 0.326. The van der Waals surface area contributed by atoms with Gasteiger partial charge in [0.05, 0.1) is 6.07 Å². The fourth-order valence-corrected chi connectivity index (χ4v) is 3.02. The zero-order valence-electron chi connectivity index (χ0n) is 11.8. The quantitative estimate of drug-likeness (QED) is 0.671. The molecule has 0 aliphatic carbocycles. The third-order valence-corrected chi connectivity index (χ3v) is 4.76. The summed E-state index contributed by atoms with van der Waals surface area (Å²) in [6.45, 7) is 10.9. The highest BCUT2D eigenvalue weighted by Crippen LogP contribution is 2.29. The van der Waals surface area contributed by atoms with E-state index >= 15 is 0 Å². The van der Waals surface area contributed by atoms with Crippen molar-refractivity contribution in [2.75, 3.05) is 0 Å². The molecule has 0 atom stereocenters. The van der Waals surface area contributed by atoms with Crippen LogP contribution in [0.5, 0.6) is 0 Å². The third kappa shape index (κ3) is 2.94. The number of nitriles is 1. The summed E-state index contributed by atoms with van der Waals surface area (Å²) in [6.07, 6.45) is 0.326. The van der Waals surface area contributed by atoms with Gasteiger partial charge in [0, 0.05) is 5.75 Å². The molecular weight excluding hydrogens is 240 g/mol. The van der Waals surface area contributed by atoms with Gasteiger partial charge in [0.25, 0.3) is 0 Å². The molecule has 0 radical (unpaired) electrons. The van der Waals surface area contributed by atoms with Crippen molar-refractivity contribution in [3.05, 3.63) is 33.4 Å². The molecule has 1 aromatic rings. The minimum Gasteiger partial charge on any atom is -0.251 e. The van der Waals surface area contributed by atoms with Crippen molar-refractivity contribution in [2.24, 2.45) is 0 Å². The van der Waals surface area contributed by atoms with Crippen LogP contribution < -0.4 is 5.41 Å². The van der Waals surface area contributed by atoms with Crippen LogP contribution in [0, 0.1) is 45.9 Å². The Balaban J connectivity index is 3.04. The van der Waals surface area contributed by atoms with Gasteiger partial charge in [-0.3, -0.25) is 5.41 Å². The van der Waals surface area contributed by atoms with Gasteiger partial charge in [-0.2, -0.15) is 5.26 Å². The Labute approximate surface area is 114 Å². The minimum atomic E-state index is 0.326. The molecule has 0 fully saturated rings. The predicted octanol–water partition coefficient (Wildman–Crippen LogP) is 2.53. The first-order chi connectivity index (χ1) is 8.40. The average Bonchev–Trinajstić information content (AvgIpc) is 2.34. The van der Waals surface area contributed by atoms with Crippen LogP contribution in [0.2, 0.25) is 0 Å². The Bertz CT molecular complexity index is 495.